The SMILES string of the molecule is CCCCCCCCC(CCCCCCCC)OCCCCCCCN1CC2CN(CCCCCCCC(OC(CCCCCCCC)CCCCCCCC)=C3CCC3)CC(C1)O2. The monoisotopic (exact) mass is 899 g/mol. The predicted octanol–water partition coefficient (Wildman–Crippen LogP) is 17.9. The fraction of sp³-hybridized carbons (Fsp3) is 0.966. The number of fused-ring (bicyclic) bond motifs is 2. The highest BCUT2D eigenvalue weighted by molar-refractivity contribution is 5.15. The topological polar surface area (TPSA) is 34.2 Å². The van der Waals surface area contributed by atoms with Gasteiger partial charge < -0.3 is 14.2 Å². The molecule has 0 aromatic rings. The van der Waals surface area contributed by atoms with Crippen molar-refractivity contribution in [2.75, 3.05) is 45.9 Å². The third kappa shape index (κ3) is 30.0. The zero-order valence-corrected chi connectivity index (χ0v) is 44.1. The second-order valence-corrected chi connectivity index (χ2v) is 21.5. The van der Waals surface area contributed by atoms with Crippen molar-refractivity contribution >= 4 is 0 Å². The van der Waals surface area contributed by atoms with E-state index >= 15 is 0 Å². The van der Waals surface area contributed by atoms with E-state index in [1.807, 2.05) is 0 Å². The Hall–Kier alpha value is -0.620. The quantitative estimate of drug-likeness (QED) is 0.0449. The Kier molecular flexibility index (Phi) is 37.3. The molecule has 3 fully saturated rings. The largest absolute Gasteiger partial charge is 0.495 e. The second-order valence-electron chi connectivity index (χ2n) is 21.5. The van der Waals surface area contributed by atoms with Crippen LogP contribution in [-0.4, -0.2) is 80.1 Å². The Balaban J connectivity index is 1.22. The molecule has 0 N–H and O–H groups in total. The summed E-state index contributed by atoms with van der Waals surface area (Å²) in [4.78, 5) is 5.47. The first kappa shape index (κ1) is 57.7. The van der Waals surface area contributed by atoms with Gasteiger partial charge in [0.05, 0.1) is 30.2 Å². The first-order chi connectivity index (χ1) is 31.6. The third-order valence-corrected chi connectivity index (χ3v) is 15.3. The number of ether oxygens (including phenoxy) is 3. The molecule has 5 heteroatoms. The van der Waals surface area contributed by atoms with Crippen LogP contribution in [0, 0.1) is 0 Å². The number of nitrogens with zero attached hydrogens (tertiary/aromatic N) is 2. The van der Waals surface area contributed by atoms with Crippen molar-refractivity contribution in [1.82, 2.24) is 9.80 Å². The van der Waals surface area contributed by atoms with Crippen LogP contribution in [0.2, 0.25) is 0 Å². The van der Waals surface area contributed by atoms with Gasteiger partial charge in [-0.25, -0.2) is 0 Å². The molecule has 2 heterocycles. The lowest BCUT2D eigenvalue weighted by molar-refractivity contribution is -0.138. The standard InChI is InChI=1S/C59H114N2O3/c1-5-9-13-17-23-31-42-55(43-32-24-18-14-10-6-2)62-49-38-30-22-29-37-48-61-52-57-50-60(51-58(53-61)63-57)47-36-28-21-27-35-46-59(54-40-39-41-54)64-56(44-33-25-19-15-11-7-3)45-34-26-20-16-12-8-4/h55-58H,5-53H2,1-4H3. The second kappa shape index (κ2) is 41.4. The molecule has 1 saturated carbocycles. The van der Waals surface area contributed by atoms with Crippen LogP contribution in [0.25, 0.3) is 0 Å². The summed E-state index contributed by atoms with van der Waals surface area (Å²) in [6, 6.07) is 0. The van der Waals surface area contributed by atoms with Crippen molar-refractivity contribution in [1.29, 1.82) is 0 Å². The fourth-order valence-corrected chi connectivity index (χ4v) is 10.9. The molecule has 0 aromatic heterocycles. The lowest BCUT2D eigenvalue weighted by atomic mass is 9.89. The first-order valence-electron chi connectivity index (χ1n) is 29.7. The van der Waals surface area contributed by atoms with E-state index in [-0.39, 0.29) is 0 Å². The Morgan fingerprint density at radius 3 is 1.20 bits per heavy atom. The average molecular weight is 900 g/mol. The van der Waals surface area contributed by atoms with Crippen LogP contribution in [0.15, 0.2) is 11.3 Å². The van der Waals surface area contributed by atoms with Crippen molar-refractivity contribution < 1.29 is 14.2 Å². The van der Waals surface area contributed by atoms with Gasteiger partial charge in [-0.05, 0) is 102 Å². The average Bonchev–Trinajstić information content (AvgIpc) is 3.27. The smallest absolute Gasteiger partial charge is 0.0982 e. The first-order valence-corrected chi connectivity index (χ1v) is 29.7. The van der Waals surface area contributed by atoms with E-state index < -0.39 is 0 Å². The lowest BCUT2D eigenvalue weighted by Gasteiger charge is -2.46. The van der Waals surface area contributed by atoms with Crippen LogP contribution in [0.5, 0.6) is 0 Å². The highest BCUT2D eigenvalue weighted by atomic mass is 16.5. The molecule has 0 amide bonds. The summed E-state index contributed by atoms with van der Waals surface area (Å²) in [6.45, 7) is 17.3. The molecule has 3 rings (SSSR count). The summed E-state index contributed by atoms with van der Waals surface area (Å²) in [5.74, 6) is 1.43. The Morgan fingerprint density at radius 1 is 0.438 bits per heavy atom. The summed E-state index contributed by atoms with van der Waals surface area (Å²) in [5, 5.41) is 0. The third-order valence-electron chi connectivity index (χ3n) is 15.3. The fourth-order valence-electron chi connectivity index (χ4n) is 10.9. The molecule has 2 bridgehead atoms. The molecular formula is C59H114N2O3. The van der Waals surface area contributed by atoms with Gasteiger partial charge in [0.15, 0.2) is 0 Å². The number of hydrogen-bond donors (Lipinski definition) is 0. The van der Waals surface area contributed by atoms with Crippen LogP contribution in [-0.2, 0) is 14.2 Å². The molecule has 5 nitrogen and oxygen atoms in total. The molecule has 2 aliphatic heterocycles. The zero-order valence-electron chi connectivity index (χ0n) is 44.1. The van der Waals surface area contributed by atoms with Crippen molar-refractivity contribution in [3.8, 4) is 0 Å². The normalized spacial score (nSPS) is 18.1. The van der Waals surface area contributed by atoms with Crippen molar-refractivity contribution in [2.24, 2.45) is 0 Å². The molecule has 2 unspecified atom stereocenters. The van der Waals surface area contributed by atoms with Gasteiger partial charge in [-0.2, -0.15) is 0 Å². The molecule has 0 radical (unpaired) electrons. The van der Waals surface area contributed by atoms with Crippen molar-refractivity contribution in [2.45, 2.75) is 322 Å². The molecule has 378 valence electrons. The molecule has 64 heavy (non-hydrogen) atoms. The maximum absolute atomic E-state index is 7.00. The maximum Gasteiger partial charge on any atom is 0.0982 e. The summed E-state index contributed by atoms with van der Waals surface area (Å²) in [7, 11) is 0. The van der Waals surface area contributed by atoms with Gasteiger partial charge in [0, 0.05) is 39.2 Å². The number of hydrogen-bond acceptors (Lipinski definition) is 5. The Labute approximate surface area is 401 Å². The van der Waals surface area contributed by atoms with E-state index in [4.69, 9.17) is 14.2 Å². The summed E-state index contributed by atoms with van der Waals surface area (Å²) < 4.78 is 20.0. The highest BCUT2D eigenvalue weighted by Crippen LogP contribution is 2.34. The van der Waals surface area contributed by atoms with Crippen LogP contribution < -0.4 is 0 Å². The van der Waals surface area contributed by atoms with Gasteiger partial charge in [0.1, 0.15) is 0 Å². The summed E-state index contributed by atoms with van der Waals surface area (Å²) in [6.07, 6.45) is 58.8. The molecular weight excluding hydrogens is 785 g/mol. The van der Waals surface area contributed by atoms with E-state index in [1.54, 1.807) is 5.57 Å². The summed E-state index contributed by atoms with van der Waals surface area (Å²) >= 11 is 0. The van der Waals surface area contributed by atoms with Gasteiger partial charge >= 0.3 is 0 Å². The predicted molar refractivity (Wildman–Crippen MR) is 280 cm³/mol. The minimum atomic E-state index is 0.411. The van der Waals surface area contributed by atoms with Crippen LogP contribution in [0.1, 0.15) is 297 Å². The molecule has 2 saturated heterocycles. The number of rotatable bonds is 47. The molecule has 3 aliphatic rings. The van der Waals surface area contributed by atoms with Crippen LogP contribution in [0.4, 0.5) is 0 Å². The summed E-state index contributed by atoms with van der Waals surface area (Å²) in [5.41, 5.74) is 1.67. The van der Waals surface area contributed by atoms with Gasteiger partial charge in [0.2, 0.25) is 0 Å². The van der Waals surface area contributed by atoms with E-state index in [1.165, 1.54) is 289 Å². The Bertz CT molecular complexity index is 997. The number of unbranched alkanes of at least 4 members (excludes halogenated alkanes) is 28. The molecule has 2 atom stereocenters. The van der Waals surface area contributed by atoms with Crippen LogP contribution >= 0.6 is 0 Å². The van der Waals surface area contributed by atoms with Gasteiger partial charge in [-0.1, -0.05) is 207 Å². The van der Waals surface area contributed by atoms with Crippen molar-refractivity contribution in [3.63, 3.8) is 0 Å². The number of allylic oxidation sites excluding steroid dienone is 2. The minimum Gasteiger partial charge on any atom is -0.495 e. The van der Waals surface area contributed by atoms with Gasteiger partial charge in [-0.3, -0.25) is 9.80 Å². The van der Waals surface area contributed by atoms with E-state index in [2.05, 4.69) is 37.5 Å². The lowest BCUT2D eigenvalue weighted by Crippen LogP contribution is -2.59. The van der Waals surface area contributed by atoms with Gasteiger partial charge in [-0.15, -0.1) is 0 Å². The van der Waals surface area contributed by atoms with Crippen molar-refractivity contribution in [3.05, 3.63) is 11.3 Å². The molecule has 0 aromatic carbocycles. The highest BCUT2D eigenvalue weighted by Gasteiger charge is 2.34. The Morgan fingerprint density at radius 2 is 0.797 bits per heavy atom. The maximum atomic E-state index is 7.00. The van der Waals surface area contributed by atoms with Crippen LogP contribution in [0.3, 0.4) is 0 Å². The van der Waals surface area contributed by atoms with E-state index in [0.29, 0.717) is 24.4 Å². The minimum absolute atomic E-state index is 0.411. The molecule has 1 aliphatic carbocycles. The van der Waals surface area contributed by atoms with Gasteiger partial charge in [0.25, 0.3) is 0 Å². The number of morpholine rings is 2. The van der Waals surface area contributed by atoms with E-state index in [9.17, 15) is 0 Å². The zero-order chi connectivity index (χ0) is 45.4. The van der Waals surface area contributed by atoms with E-state index in [0.717, 1.165) is 32.8 Å². The molecule has 0 spiro atoms.